The van der Waals surface area contributed by atoms with Crippen LogP contribution in [0.5, 0.6) is 0 Å². The largest absolute Gasteiger partial charge is 0.337 e. The predicted octanol–water partition coefficient (Wildman–Crippen LogP) is 2.77. The van der Waals surface area contributed by atoms with Crippen molar-refractivity contribution in [2.24, 2.45) is 0 Å². The lowest BCUT2D eigenvalue weighted by Gasteiger charge is -1.98. The van der Waals surface area contributed by atoms with Crippen molar-refractivity contribution < 1.29 is 4.52 Å². The van der Waals surface area contributed by atoms with Crippen molar-refractivity contribution in [3.8, 4) is 10.7 Å². The molecule has 3 rings (SSSR count). The van der Waals surface area contributed by atoms with E-state index in [-0.39, 0.29) is 12.1 Å². The first-order valence-corrected chi connectivity index (χ1v) is 7.07. The lowest BCUT2D eigenvalue weighted by Crippen LogP contribution is -2.18. The van der Waals surface area contributed by atoms with Gasteiger partial charge in [0.2, 0.25) is 11.7 Å². The summed E-state index contributed by atoms with van der Waals surface area (Å²) in [5.41, 5.74) is -0.0962. The standard InChI is InChI=1S/C12H8BrN3O2S/c13-9-5-4-8(19-9)12-14-10(18-15-12)7-16-6-2-1-3-11(16)17/h1-6H,7H2. The fraction of sp³-hybridized carbons (Fsp3) is 0.0833. The van der Waals surface area contributed by atoms with Crippen LogP contribution in [0.2, 0.25) is 0 Å². The highest BCUT2D eigenvalue weighted by Gasteiger charge is 2.11. The molecule has 3 aromatic rings. The highest BCUT2D eigenvalue weighted by atomic mass is 79.9. The SMILES string of the molecule is O=c1ccccn1Cc1nc(-c2ccc(Br)s2)no1. The molecule has 3 aromatic heterocycles. The summed E-state index contributed by atoms with van der Waals surface area (Å²) in [6.45, 7) is 0.277. The van der Waals surface area contributed by atoms with Gasteiger partial charge in [0, 0.05) is 12.3 Å². The van der Waals surface area contributed by atoms with E-state index in [2.05, 4.69) is 26.1 Å². The van der Waals surface area contributed by atoms with Crippen LogP contribution in [0, 0.1) is 0 Å². The van der Waals surface area contributed by atoms with Crippen molar-refractivity contribution in [3.63, 3.8) is 0 Å². The number of nitrogens with zero attached hydrogens (tertiary/aromatic N) is 3. The van der Waals surface area contributed by atoms with E-state index in [4.69, 9.17) is 4.52 Å². The molecule has 0 aliphatic rings. The molecule has 7 heteroatoms. The van der Waals surface area contributed by atoms with Crippen LogP contribution in [0.3, 0.4) is 0 Å². The summed E-state index contributed by atoms with van der Waals surface area (Å²) in [5, 5.41) is 3.91. The van der Waals surface area contributed by atoms with Gasteiger partial charge >= 0.3 is 0 Å². The fourth-order valence-electron chi connectivity index (χ4n) is 1.59. The summed E-state index contributed by atoms with van der Waals surface area (Å²) in [6, 6.07) is 8.82. The van der Waals surface area contributed by atoms with Gasteiger partial charge in [0.15, 0.2) is 0 Å². The van der Waals surface area contributed by atoms with E-state index < -0.39 is 0 Å². The molecule has 0 spiro atoms. The van der Waals surface area contributed by atoms with E-state index in [1.54, 1.807) is 18.3 Å². The van der Waals surface area contributed by atoms with Gasteiger partial charge in [0.25, 0.3) is 5.56 Å². The Kier molecular flexibility index (Phi) is 3.31. The minimum Gasteiger partial charge on any atom is -0.337 e. The molecule has 0 radical (unpaired) electrons. The second-order valence-electron chi connectivity index (χ2n) is 3.78. The molecule has 5 nitrogen and oxygen atoms in total. The Morgan fingerprint density at radius 1 is 1.32 bits per heavy atom. The van der Waals surface area contributed by atoms with Gasteiger partial charge in [-0.15, -0.1) is 11.3 Å². The minimum atomic E-state index is -0.0962. The maximum absolute atomic E-state index is 11.6. The van der Waals surface area contributed by atoms with Crippen molar-refractivity contribution in [2.75, 3.05) is 0 Å². The lowest BCUT2D eigenvalue weighted by molar-refractivity contribution is 0.370. The molecule has 0 fully saturated rings. The third-order valence-electron chi connectivity index (χ3n) is 2.47. The van der Waals surface area contributed by atoms with E-state index in [0.717, 1.165) is 8.66 Å². The van der Waals surface area contributed by atoms with Gasteiger partial charge < -0.3 is 9.09 Å². The highest BCUT2D eigenvalue weighted by Crippen LogP contribution is 2.29. The number of pyridine rings is 1. The second-order valence-corrected chi connectivity index (χ2v) is 6.25. The quantitative estimate of drug-likeness (QED) is 0.737. The smallest absolute Gasteiger partial charge is 0.250 e. The van der Waals surface area contributed by atoms with E-state index in [1.165, 1.54) is 22.0 Å². The van der Waals surface area contributed by atoms with Crippen molar-refractivity contribution in [1.82, 2.24) is 14.7 Å². The van der Waals surface area contributed by atoms with Crippen molar-refractivity contribution in [1.29, 1.82) is 0 Å². The molecule has 0 bridgehead atoms. The van der Waals surface area contributed by atoms with Gasteiger partial charge in [-0.3, -0.25) is 4.79 Å². The number of rotatable bonds is 3. The van der Waals surface area contributed by atoms with E-state index >= 15 is 0 Å². The first-order valence-electron chi connectivity index (χ1n) is 5.46. The van der Waals surface area contributed by atoms with Crippen molar-refractivity contribution >= 4 is 27.3 Å². The van der Waals surface area contributed by atoms with E-state index in [0.29, 0.717) is 11.7 Å². The van der Waals surface area contributed by atoms with Crippen LogP contribution in [0.15, 0.2) is 49.6 Å². The Labute approximate surface area is 120 Å². The van der Waals surface area contributed by atoms with Crippen LogP contribution in [0.4, 0.5) is 0 Å². The molecule has 0 aromatic carbocycles. The van der Waals surface area contributed by atoms with Crippen LogP contribution in [-0.4, -0.2) is 14.7 Å². The minimum absolute atomic E-state index is 0.0962. The van der Waals surface area contributed by atoms with E-state index in [9.17, 15) is 4.79 Å². The second kappa shape index (κ2) is 5.10. The monoisotopic (exact) mass is 337 g/mol. The molecule has 0 aliphatic carbocycles. The van der Waals surface area contributed by atoms with Crippen molar-refractivity contribution in [2.45, 2.75) is 6.54 Å². The van der Waals surface area contributed by atoms with Gasteiger partial charge in [0.05, 0.1) is 8.66 Å². The molecule has 0 atom stereocenters. The summed E-state index contributed by atoms with van der Waals surface area (Å²) in [4.78, 5) is 16.8. The van der Waals surface area contributed by atoms with Crippen LogP contribution in [0.25, 0.3) is 10.7 Å². The van der Waals surface area contributed by atoms with Gasteiger partial charge in [-0.2, -0.15) is 4.98 Å². The number of hydrogen-bond acceptors (Lipinski definition) is 5. The summed E-state index contributed by atoms with van der Waals surface area (Å²) in [6.07, 6.45) is 1.69. The molecule has 0 unspecified atom stereocenters. The molecule has 0 saturated heterocycles. The van der Waals surface area contributed by atoms with Gasteiger partial charge in [0.1, 0.15) is 6.54 Å². The Morgan fingerprint density at radius 2 is 2.21 bits per heavy atom. The zero-order valence-electron chi connectivity index (χ0n) is 9.62. The first-order chi connectivity index (χ1) is 9.22. The number of thiophene rings is 1. The number of aromatic nitrogens is 3. The zero-order valence-corrected chi connectivity index (χ0v) is 12.0. The van der Waals surface area contributed by atoms with E-state index in [1.807, 2.05) is 12.1 Å². The van der Waals surface area contributed by atoms with Gasteiger partial charge in [-0.25, -0.2) is 0 Å². The molecular formula is C12H8BrN3O2S. The molecular weight excluding hydrogens is 330 g/mol. The summed E-state index contributed by atoms with van der Waals surface area (Å²) in [7, 11) is 0. The summed E-state index contributed by atoms with van der Waals surface area (Å²) in [5.74, 6) is 0.947. The Hall–Kier alpha value is -1.73. The third-order valence-corrected chi connectivity index (χ3v) is 4.09. The Balaban J connectivity index is 1.86. The normalized spacial score (nSPS) is 10.8. The molecule has 0 aliphatic heterocycles. The molecule has 0 saturated carbocycles. The number of halogens is 1. The zero-order chi connectivity index (χ0) is 13.2. The third kappa shape index (κ3) is 2.66. The number of hydrogen-bond donors (Lipinski definition) is 0. The molecule has 3 heterocycles. The van der Waals surface area contributed by atoms with Crippen LogP contribution in [-0.2, 0) is 6.54 Å². The topological polar surface area (TPSA) is 60.9 Å². The van der Waals surface area contributed by atoms with Crippen LogP contribution >= 0.6 is 27.3 Å². The van der Waals surface area contributed by atoms with Gasteiger partial charge in [-0.1, -0.05) is 11.2 Å². The Morgan fingerprint density at radius 3 is 2.95 bits per heavy atom. The predicted molar refractivity (Wildman–Crippen MR) is 75.1 cm³/mol. The average molecular weight is 338 g/mol. The lowest BCUT2D eigenvalue weighted by atomic mass is 10.4. The first kappa shape index (κ1) is 12.3. The molecule has 0 amide bonds. The average Bonchev–Trinajstić information content (AvgIpc) is 3.01. The van der Waals surface area contributed by atoms with Crippen molar-refractivity contribution in [3.05, 3.63) is 56.6 Å². The highest BCUT2D eigenvalue weighted by molar-refractivity contribution is 9.11. The molecule has 0 N–H and O–H groups in total. The van der Waals surface area contributed by atoms with Gasteiger partial charge in [-0.05, 0) is 34.1 Å². The van der Waals surface area contributed by atoms with Crippen LogP contribution < -0.4 is 5.56 Å². The summed E-state index contributed by atoms with van der Waals surface area (Å²) >= 11 is 4.91. The fourth-order valence-corrected chi connectivity index (χ4v) is 2.90. The van der Waals surface area contributed by atoms with Crippen LogP contribution in [0.1, 0.15) is 5.89 Å². The maximum Gasteiger partial charge on any atom is 0.250 e. The molecule has 19 heavy (non-hydrogen) atoms. The summed E-state index contributed by atoms with van der Waals surface area (Å²) < 4.78 is 7.68. The molecule has 96 valence electrons. The maximum atomic E-state index is 11.6. The Bertz CT molecular complexity index is 762.